The molecule has 0 unspecified atom stereocenters. The fourth-order valence-corrected chi connectivity index (χ4v) is 2.20. The van der Waals surface area contributed by atoms with Crippen LogP contribution in [0.4, 0.5) is 5.69 Å². The summed E-state index contributed by atoms with van der Waals surface area (Å²) in [6.45, 7) is 8.95. The summed E-state index contributed by atoms with van der Waals surface area (Å²) >= 11 is 0. The summed E-state index contributed by atoms with van der Waals surface area (Å²) in [7, 11) is 1.44. The number of nitro groups is 1. The summed E-state index contributed by atoms with van der Waals surface area (Å²) in [4.78, 5) is 12.9. The largest absolute Gasteiger partial charge is 0.490 e. The molecule has 21 heavy (non-hydrogen) atoms. The number of benzene rings is 1. The van der Waals surface area contributed by atoms with Crippen molar-refractivity contribution in [2.75, 3.05) is 33.3 Å². The maximum absolute atomic E-state index is 11.0. The van der Waals surface area contributed by atoms with Gasteiger partial charge in [-0.3, -0.25) is 10.1 Å². The van der Waals surface area contributed by atoms with Gasteiger partial charge in [-0.1, -0.05) is 19.9 Å². The Balaban J connectivity index is 2.49. The highest BCUT2D eigenvalue weighted by atomic mass is 16.6. The molecule has 0 saturated heterocycles. The number of nitrogens with zero attached hydrogens (tertiary/aromatic N) is 2. The summed E-state index contributed by atoms with van der Waals surface area (Å²) in [6.07, 6.45) is 1.15. The Morgan fingerprint density at radius 3 is 2.67 bits per heavy atom. The van der Waals surface area contributed by atoms with Gasteiger partial charge in [0.05, 0.1) is 12.0 Å². The topological polar surface area (TPSA) is 67.6 Å². The second-order valence-corrected chi connectivity index (χ2v) is 4.87. The fraction of sp³-hybridized carbons (Fsp3) is 0.600. The van der Waals surface area contributed by atoms with Crippen molar-refractivity contribution in [3.05, 3.63) is 33.9 Å². The molecule has 0 spiro atoms. The van der Waals surface area contributed by atoms with Crippen molar-refractivity contribution in [2.45, 2.75) is 26.8 Å². The molecule has 0 bridgehead atoms. The first-order valence-corrected chi connectivity index (χ1v) is 7.36. The maximum Gasteiger partial charge on any atom is 0.311 e. The minimum atomic E-state index is -0.414. The zero-order valence-corrected chi connectivity index (χ0v) is 13.1. The molecule has 0 amide bonds. The number of methoxy groups -OCH3 is 1. The number of nitrogens with one attached hydrogen (secondary N) is 1. The van der Waals surface area contributed by atoms with Crippen molar-refractivity contribution >= 4 is 5.69 Å². The van der Waals surface area contributed by atoms with E-state index in [1.807, 2.05) is 6.07 Å². The molecule has 118 valence electrons. The van der Waals surface area contributed by atoms with Gasteiger partial charge in [0.2, 0.25) is 0 Å². The lowest BCUT2D eigenvalue weighted by molar-refractivity contribution is -0.385. The molecule has 0 saturated carbocycles. The molecule has 6 heteroatoms. The Kier molecular flexibility index (Phi) is 7.71. The van der Waals surface area contributed by atoms with E-state index in [9.17, 15) is 10.1 Å². The van der Waals surface area contributed by atoms with Gasteiger partial charge in [0.1, 0.15) is 0 Å². The van der Waals surface area contributed by atoms with E-state index in [1.165, 1.54) is 7.11 Å². The number of ether oxygens (including phenoxy) is 1. The molecule has 1 aromatic rings. The van der Waals surface area contributed by atoms with Gasteiger partial charge in [0.15, 0.2) is 5.75 Å². The van der Waals surface area contributed by atoms with Crippen molar-refractivity contribution < 1.29 is 9.66 Å². The van der Waals surface area contributed by atoms with Gasteiger partial charge in [0, 0.05) is 25.7 Å². The van der Waals surface area contributed by atoms with E-state index in [0.29, 0.717) is 12.3 Å². The monoisotopic (exact) mass is 295 g/mol. The third-order valence-electron chi connectivity index (χ3n) is 3.36. The molecule has 0 radical (unpaired) electrons. The van der Waals surface area contributed by atoms with Crippen LogP contribution in [0.15, 0.2) is 18.2 Å². The second kappa shape index (κ2) is 9.31. The van der Waals surface area contributed by atoms with Crippen LogP contribution in [-0.2, 0) is 6.54 Å². The normalized spacial score (nSPS) is 10.9. The van der Waals surface area contributed by atoms with Crippen LogP contribution >= 0.6 is 0 Å². The van der Waals surface area contributed by atoms with E-state index in [1.54, 1.807) is 12.1 Å². The Labute approximate surface area is 126 Å². The van der Waals surface area contributed by atoms with Gasteiger partial charge >= 0.3 is 5.69 Å². The Morgan fingerprint density at radius 2 is 2.10 bits per heavy atom. The van der Waals surface area contributed by atoms with Gasteiger partial charge in [-0.2, -0.15) is 0 Å². The van der Waals surface area contributed by atoms with Gasteiger partial charge < -0.3 is 15.0 Å². The molecule has 0 aliphatic heterocycles. The van der Waals surface area contributed by atoms with Crippen molar-refractivity contribution in [1.29, 1.82) is 0 Å². The first-order chi connectivity index (χ1) is 10.1. The van der Waals surface area contributed by atoms with Crippen molar-refractivity contribution in [3.63, 3.8) is 0 Å². The SMILES string of the molecule is CCCN(CC)CCNCc1ccc(OC)c([N+](=O)[O-])c1. The Bertz CT molecular complexity index is 452. The molecule has 6 nitrogen and oxygen atoms in total. The summed E-state index contributed by atoms with van der Waals surface area (Å²) < 4.78 is 4.99. The van der Waals surface area contributed by atoms with Crippen LogP contribution in [0.3, 0.4) is 0 Å². The van der Waals surface area contributed by atoms with E-state index < -0.39 is 4.92 Å². The highest BCUT2D eigenvalue weighted by Crippen LogP contribution is 2.27. The molecule has 1 N–H and O–H groups in total. The third-order valence-corrected chi connectivity index (χ3v) is 3.36. The minimum Gasteiger partial charge on any atom is -0.490 e. The first-order valence-electron chi connectivity index (χ1n) is 7.36. The van der Waals surface area contributed by atoms with Gasteiger partial charge in [0.25, 0.3) is 0 Å². The second-order valence-electron chi connectivity index (χ2n) is 4.87. The highest BCUT2D eigenvalue weighted by Gasteiger charge is 2.14. The van der Waals surface area contributed by atoms with Crippen molar-refractivity contribution in [1.82, 2.24) is 10.2 Å². The number of hydrogen-bond donors (Lipinski definition) is 1. The minimum absolute atomic E-state index is 0.0120. The number of hydrogen-bond acceptors (Lipinski definition) is 5. The zero-order valence-electron chi connectivity index (χ0n) is 13.1. The molecule has 0 aromatic heterocycles. The average molecular weight is 295 g/mol. The van der Waals surface area contributed by atoms with E-state index in [2.05, 4.69) is 24.1 Å². The quantitative estimate of drug-likeness (QED) is 0.408. The van der Waals surface area contributed by atoms with Crippen LogP contribution in [0.1, 0.15) is 25.8 Å². The summed E-state index contributed by atoms with van der Waals surface area (Å²) in [6, 6.07) is 5.06. The maximum atomic E-state index is 11.0. The van der Waals surface area contributed by atoms with Gasteiger partial charge in [-0.05, 0) is 31.1 Å². The first kappa shape index (κ1) is 17.4. The standard InChI is InChI=1S/C15H25N3O3/c1-4-9-17(5-2)10-8-16-12-13-6-7-15(21-3)14(11-13)18(19)20/h6-7,11,16H,4-5,8-10,12H2,1-3H3. The van der Waals surface area contributed by atoms with Gasteiger partial charge in [-0.15, -0.1) is 0 Å². The highest BCUT2D eigenvalue weighted by molar-refractivity contribution is 5.48. The smallest absolute Gasteiger partial charge is 0.311 e. The average Bonchev–Trinajstić information content (AvgIpc) is 2.50. The van der Waals surface area contributed by atoms with Crippen LogP contribution in [0, 0.1) is 10.1 Å². The zero-order chi connectivity index (χ0) is 15.7. The van der Waals surface area contributed by atoms with Crippen LogP contribution in [0.2, 0.25) is 0 Å². The lowest BCUT2D eigenvalue weighted by Crippen LogP contribution is -2.32. The lowest BCUT2D eigenvalue weighted by atomic mass is 10.2. The van der Waals surface area contributed by atoms with E-state index in [4.69, 9.17) is 4.74 Å². The number of likely N-dealkylation sites (N-methyl/N-ethyl adjacent to an activating group) is 1. The predicted molar refractivity (Wildman–Crippen MR) is 83.8 cm³/mol. The van der Waals surface area contributed by atoms with Crippen LogP contribution in [-0.4, -0.2) is 43.1 Å². The molecule has 0 atom stereocenters. The van der Waals surface area contributed by atoms with E-state index in [-0.39, 0.29) is 5.69 Å². The molecule has 0 aliphatic carbocycles. The number of nitro benzene ring substituents is 1. The molecule has 0 fully saturated rings. The summed E-state index contributed by atoms with van der Waals surface area (Å²) in [5.41, 5.74) is 0.902. The van der Waals surface area contributed by atoms with Gasteiger partial charge in [-0.25, -0.2) is 0 Å². The molecular formula is C15H25N3O3. The van der Waals surface area contributed by atoms with Crippen LogP contribution < -0.4 is 10.1 Å². The molecule has 1 aromatic carbocycles. The summed E-state index contributed by atoms with van der Waals surface area (Å²) in [5.74, 6) is 0.295. The molecular weight excluding hydrogens is 270 g/mol. The van der Waals surface area contributed by atoms with Crippen LogP contribution in [0.25, 0.3) is 0 Å². The van der Waals surface area contributed by atoms with Crippen molar-refractivity contribution in [2.24, 2.45) is 0 Å². The van der Waals surface area contributed by atoms with Crippen LogP contribution in [0.5, 0.6) is 5.75 Å². The van der Waals surface area contributed by atoms with E-state index in [0.717, 1.165) is 38.2 Å². The van der Waals surface area contributed by atoms with E-state index >= 15 is 0 Å². The Hall–Kier alpha value is -1.66. The summed E-state index contributed by atoms with van der Waals surface area (Å²) in [5, 5.41) is 14.3. The molecule has 0 aliphatic rings. The molecule has 0 heterocycles. The third kappa shape index (κ3) is 5.69. The predicted octanol–water partition coefficient (Wildman–Crippen LogP) is 2.42. The fourth-order valence-electron chi connectivity index (χ4n) is 2.20. The number of rotatable bonds is 10. The molecule has 1 rings (SSSR count). The Morgan fingerprint density at radius 1 is 1.33 bits per heavy atom. The van der Waals surface area contributed by atoms with Crippen molar-refractivity contribution in [3.8, 4) is 5.75 Å². The lowest BCUT2D eigenvalue weighted by Gasteiger charge is -2.19.